The van der Waals surface area contributed by atoms with Crippen molar-refractivity contribution in [1.29, 1.82) is 0 Å². The molecular weight excluding hydrogens is 412 g/mol. The molecule has 1 aliphatic heterocycles. The molecular formula is C24H22N2O4S. The van der Waals surface area contributed by atoms with Crippen LogP contribution in [0.15, 0.2) is 53.9 Å². The van der Waals surface area contributed by atoms with Gasteiger partial charge in [0.15, 0.2) is 0 Å². The first kappa shape index (κ1) is 20.8. The van der Waals surface area contributed by atoms with Gasteiger partial charge in [0.2, 0.25) is 0 Å². The molecule has 0 saturated carbocycles. The van der Waals surface area contributed by atoms with Gasteiger partial charge in [-0.15, -0.1) is 11.3 Å². The maximum Gasteiger partial charge on any atom is 0.261 e. The number of amides is 3. The second-order valence-corrected chi connectivity index (χ2v) is 8.47. The van der Waals surface area contributed by atoms with E-state index in [1.165, 1.54) is 12.0 Å². The number of carbonyl (C=O) groups excluding carboxylic acids is 3. The van der Waals surface area contributed by atoms with E-state index in [0.29, 0.717) is 34.5 Å². The lowest BCUT2D eigenvalue weighted by molar-refractivity contribution is 0.0642. The molecule has 6 nitrogen and oxygen atoms in total. The molecule has 0 unspecified atom stereocenters. The molecule has 2 aromatic carbocycles. The average Bonchev–Trinajstić information content (AvgIpc) is 3.29. The predicted octanol–water partition coefficient (Wildman–Crippen LogP) is 4.13. The van der Waals surface area contributed by atoms with Gasteiger partial charge in [-0.05, 0) is 53.8 Å². The summed E-state index contributed by atoms with van der Waals surface area (Å²) in [6.07, 6.45) is 0. The standard InChI is InChI=1S/C24H22N2O4S/c1-15-10-11-31-21(15)14-25(2)22(27)19-12-16(8-9-20(19)30-3)13-26-23(28)17-6-4-5-7-18(17)24(26)29/h4-12H,13-14H2,1-3H3. The Kier molecular flexibility index (Phi) is 5.61. The van der Waals surface area contributed by atoms with E-state index in [4.69, 9.17) is 4.74 Å². The Bertz CT molecular complexity index is 1150. The van der Waals surface area contributed by atoms with Crippen LogP contribution in [-0.4, -0.2) is 41.7 Å². The first-order valence-electron chi connectivity index (χ1n) is 9.81. The van der Waals surface area contributed by atoms with Gasteiger partial charge in [-0.1, -0.05) is 18.2 Å². The lowest BCUT2D eigenvalue weighted by atomic mass is 10.1. The van der Waals surface area contributed by atoms with Crippen LogP contribution >= 0.6 is 11.3 Å². The smallest absolute Gasteiger partial charge is 0.261 e. The molecule has 0 N–H and O–H groups in total. The maximum absolute atomic E-state index is 13.2. The molecule has 1 aliphatic rings. The van der Waals surface area contributed by atoms with Crippen LogP contribution in [0.25, 0.3) is 0 Å². The summed E-state index contributed by atoms with van der Waals surface area (Å²) >= 11 is 1.61. The monoisotopic (exact) mass is 434 g/mol. The van der Waals surface area contributed by atoms with E-state index in [9.17, 15) is 14.4 Å². The third kappa shape index (κ3) is 3.84. The fourth-order valence-corrected chi connectivity index (χ4v) is 4.60. The molecule has 158 valence electrons. The predicted molar refractivity (Wildman–Crippen MR) is 118 cm³/mol. The van der Waals surface area contributed by atoms with Gasteiger partial charge < -0.3 is 9.64 Å². The van der Waals surface area contributed by atoms with Crippen molar-refractivity contribution in [2.45, 2.75) is 20.0 Å². The number of rotatable bonds is 6. The first-order valence-corrected chi connectivity index (χ1v) is 10.7. The fraction of sp³-hybridized carbons (Fsp3) is 0.208. The van der Waals surface area contributed by atoms with Crippen molar-refractivity contribution < 1.29 is 19.1 Å². The summed E-state index contributed by atoms with van der Waals surface area (Å²) in [6, 6.07) is 14.0. The van der Waals surface area contributed by atoms with Crippen molar-refractivity contribution in [3.8, 4) is 5.75 Å². The minimum Gasteiger partial charge on any atom is -0.496 e. The van der Waals surface area contributed by atoms with Gasteiger partial charge in [0.05, 0.1) is 36.9 Å². The van der Waals surface area contributed by atoms with Gasteiger partial charge in [0.1, 0.15) is 5.75 Å². The van der Waals surface area contributed by atoms with E-state index in [1.54, 1.807) is 65.7 Å². The van der Waals surface area contributed by atoms with E-state index in [2.05, 4.69) is 0 Å². The number of hydrogen-bond donors (Lipinski definition) is 0. The molecule has 0 bridgehead atoms. The Morgan fingerprint density at radius 3 is 2.32 bits per heavy atom. The van der Waals surface area contributed by atoms with E-state index in [1.807, 2.05) is 18.4 Å². The average molecular weight is 435 g/mol. The van der Waals surface area contributed by atoms with Crippen LogP contribution in [0.5, 0.6) is 5.75 Å². The Hall–Kier alpha value is -3.45. The lowest BCUT2D eigenvalue weighted by Crippen LogP contribution is -2.30. The zero-order valence-corrected chi connectivity index (χ0v) is 18.4. The fourth-order valence-electron chi connectivity index (χ4n) is 3.64. The molecule has 0 aliphatic carbocycles. The quantitative estimate of drug-likeness (QED) is 0.547. The number of benzene rings is 2. The van der Waals surface area contributed by atoms with Crippen molar-refractivity contribution in [1.82, 2.24) is 9.80 Å². The molecule has 0 spiro atoms. The van der Waals surface area contributed by atoms with Crippen molar-refractivity contribution in [2.24, 2.45) is 0 Å². The second kappa shape index (κ2) is 8.35. The maximum atomic E-state index is 13.2. The molecule has 0 radical (unpaired) electrons. The first-order chi connectivity index (χ1) is 14.9. The summed E-state index contributed by atoms with van der Waals surface area (Å²) in [4.78, 5) is 42.5. The summed E-state index contributed by atoms with van der Waals surface area (Å²) in [5.74, 6) is -0.385. The molecule has 3 aromatic rings. The third-order valence-corrected chi connectivity index (χ3v) is 6.42. The normalized spacial score (nSPS) is 12.8. The largest absolute Gasteiger partial charge is 0.496 e. The number of carbonyl (C=O) groups is 3. The molecule has 4 rings (SSSR count). The highest BCUT2D eigenvalue weighted by Crippen LogP contribution is 2.27. The SMILES string of the molecule is COc1ccc(CN2C(=O)c3ccccc3C2=O)cc1C(=O)N(C)Cc1sccc1C. The second-order valence-electron chi connectivity index (χ2n) is 7.46. The number of nitrogens with zero attached hydrogens (tertiary/aromatic N) is 2. The highest BCUT2D eigenvalue weighted by atomic mass is 32.1. The van der Waals surface area contributed by atoms with Crippen LogP contribution in [0.4, 0.5) is 0 Å². The van der Waals surface area contributed by atoms with Crippen molar-refractivity contribution in [3.05, 3.63) is 86.6 Å². The topological polar surface area (TPSA) is 66.9 Å². The highest BCUT2D eigenvalue weighted by Gasteiger charge is 2.35. The van der Waals surface area contributed by atoms with Crippen LogP contribution in [-0.2, 0) is 13.1 Å². The van der Waals surface area contributed by atoms with Gasteiger partial charge in [0, 0.05) is 11.9 Å². The minimum atomic E-state index is -0.324. The summed E-state index contributed by atoms with van der Waals surface area (Å²) in [6.45, 7) is 2.60. The molecule has 7 heteroatoms. The van der Waals surface area contributed by atoms with Crippen molar-refractivity contribution in [3.63, 3.8) is 0 Å². The number of imide groups is 1. The van der Waals surface area contributed by atoms with Gasteiger partial charge >= 0.3 is 0 Å². The van der Waals surface area contributed by atoms with Crippen LogP contribution in [0.1, 0.15) is 47.1 Å². The van der Waals surface area contributed by atoms with E-state index in [0.717, 1.165) is 10.4 Å². The summed E-state index contributed by atoms with van der Waals surface area (Å²) in [7, 11) is 3.26. The van der Waals surface area contributed by atoms with Gasteiger partial charge in [-0.25, -0.2) is 0 Å². The third-order valence-electron chi connectivity index (χ3n) is 5.41. The zero-order chi connectivity index (χ0) is 22.1. The van der Waals surface area contributed by atoms with Crippen LogP contribution in [0.2, 0.25) is 0 Å². The van der Waals surface area contributed by atoms with E-state index < -0.39 is 0 Å². The molecule has 31 heavy (non-hydrogen) atoms. The molecule has 0 saturated heterocycles. The number of fused-ring (bicyclic) bond motifs is 1. The minimum absolute atomic E-state index is 0.0877. The molecule has 3 amide bonds. The Morgan fingerprint density at radius 1 is 1.06 bits per heavy atom. The van der Waals surface area contributed by atoms with Crippen molar-refractivity contribution in [2.75, 3.05) is 14.2 Å². The van der Waals surface area contributed by atoms with Crippen LogP contribution in [0, 0.1) is 6.92 Å². The Labute approximate surface area is 184 Å². The van der Waals surface area contributed by atoms with E-state index in [-0.39, 0.29) is 24.3 Å². The van der Waals surface area contributed by atoms with E-state index >= 15 is 0 Å². The summed E-state index contributed by atoms with van der Waals surface area (Å²) in [5.41, 5.74) is 3.04. The number of aryl methyl sites for hydroxylation is 1. The van der Waals surface area contributed by atoms with Gasteiger partial charge in [-0.2, -0.15) is 0 Å². The van der Waals surface area contributed by atoms with Crippen molar-refractivity contribution >= 4 is 29.1 Å². The number of methoxy groups -OCH3 is 1. The molecule has 0 atom stereocenters. The number of thiophene rings is 1. The van der Waals surface area contributed by atoms with Gasteiger partial charge in [0.25, 0.3) is 17.7 Å². The Morgan fingerprint density at radius 2 is 1.74 bits per heavy atom. The summed E-state index contributed by atoms with van der Waals surface area (Å²) in [5, 5.41) is 2.01. The van der Waals surface area contributed by atoms with Gasteiger partial charge in [-0.3, -0.25) is 19.3 Å². The van der Waals surface area contributed by atoms with Crippen LogP contribution in [0.3, 0.4) is 0 Å². The molecule has 0 fully saturated rings. The highest BCUT2D eigenvalue weighted by molar-refractivity contribution is 7.10. The zero-order valence-electron chi connectivity index (χ0n) is 17.5. The molecule has 2 heterocycles. The molecule has 1 aromatic heterocycles. The summed E-state index contributed by atoms with van der Waals surface area (Å²) < 4.78 is 5.40. The Balaban J connectivity index is 1.58. The number of ether oxygens (including phenoxy) is 1. The van der Waals surface area contributed by atoms with Crippen LogP contribution < -0.4 is 4.74 Å². The number of hydrogen-bond acceptors (Lipinski definition) is 5. The lowest BCUT2D eigenvalue weighted by Gasteiger charge is -2.20.